The van der Waals surface area contributed by atoms with Gasteiger partial charge in [-0.25, -0.2) is 9.78 Å². The van der Waals surface area contributed by atoms with Crippen LogP contribution in [0, 0.1) is 0 Å². The number of carbonyl (C=O) groups is 2. The molecule has 1 aliphatic carbocycles. The number of benzene rings is 3. The largest absolute Gasteiger partial charge is 0.489 e. The molecule has 2 aromatic heterocycles. The van der Waals surface area contributed by atoms with Crippen LogP contribution in [-0.4, -0.2) is 50.5 Å². The number of amides is 1. The zero-order valence-corrected chi connectivity index (χ0v) is 24.4. The summed E-state index contributed by atoms with van der Waals surface area (Å²) in [4.78, 5) is 34.9. The summed E-state index contributed by atoms with van der Waals surface area (Å²) in [6.45, 7) is 0.282. The Morgan fingerprint density at radius 2 is 1.60 bits per heavy atom. The number of imidazole rings is 1. The van der Waals surface area contributed by atoms with Gasteiger partial charge in [-0.05, 0) is 96.3 Å². The van der Waals surface area contributed by atoms with E-state index in [2.05, 4.69) is 9.55 Å². The minimum absolute atomic E-state index is 0.0665. The highest BCUT2D eigenvalue weighted by molar-refractivity contribution is 5.95. The lowest BCUT2D eigenvalue weighted by Crippen LogP contribution is -2.21. The Bertz CT molecular complexity index is 1770. The van der Waals surface area contributed by atoms with E-state index in [1.54, 1.807) is 43.5 Å². The fraction of sp³-hybridized carbons (Fsp3) is 0.257. The van der Waals surface area contributed by atoms with Gasteiger partial charge >= 0.3 is 5.97 Å². The third-order valence-electron chi connectivity index (χ3n) is 8.13. The van der Waals surface area contributed by atoms with E-state index >= 15 is 0 Å². The predicted octanol–water partition coefficient (Wildman–Crippen LogP) is 7.25. The second-order valence-corrected chi connectivity index (χ2v) is 11.2. The van der Waals surface area contributed by atoms with E-state index in [1.807, 2.05) is 60.7 Å². The number of pyridine rings is 1. The molecule has 0 unspecified atom stereocenters. The molecule has 0 radical (unpaired) electrons. The smallest absolute Gasteiger partial charge is 0.335 e. The van der Waals surface area contributed by atoms with Crippen LogP contribution < -0.4 is 4.74 Å². The maximum atomic E-state index is 12.7. The molecule has 1 aliphatic rings. The zero-order valence-electron chi connectivity index (χ0n) is 24.4. The van der Waals surface area contributed by atoms with Gasteiger partial charge in [-0.3, -0.25) is 9.78 Å². The van der Waals surface area contributed by atoms with E-state index in [9.17, 15) is 14.7 Å². The highest BCUT2D eigenvalue weighted by Gasteiger charge is 2.23. The first-order valence-electron chi connectivity index (χ1n) is 14.6. The second kappa shape index (κ2) is 12.1. The van der Waals surface area contributed by atoms with Gasteiger partial charge in [-0.15, -0.1) is 0 Å². The minimum Gasteiger partial charge on any atom is -0.489 e. The molecule has 1 amide bonds. The Kier molecular flexibility index (Phi) is 7.92. The lowest BCUT2D eigenvalue weighted by Gasteiger charge is -2.25. The third-order valence-corrected chi connectivity index (χ3v) is 8.13. The average Bonchev–Trinajstić information content (AvgIpc) is 3.43. The monoisotopic (exact) mass is 574 g/mol. The molecule has 6 rings (SSSR count). The molecular weight excluding hydrogens is 540 g/mol. The van der Waals surface area contributed by atoms with Gasteiger partial charge < -0.3 is 19.3 Å². The SMILES string of the molecule is CN(C)C(=O)c1ccc(-c2ccncc2)c(COc2ccc(-c3nc4cc(C(=O)O)ccc4n3C3CCCCC3)cc2)c1. The first-order chi connectivity index (χ1) is 20.9. The van der Waals surface area contributed by atoms with Crippen molar-refractivity contribution in [2.75, 3.05) is 14.1 Å². The normalized spacial score (nSPS) is 13.6. The summed E-state index contributed by atoms with van der Waals surface area (Å²) in [6.07, 6.45) is 9.24. The van der Waals surface area contributed by atoms with E-state index in [-0.39, 0.29) is 18.1 Å². The summed E-state index contributed by atoms with van der Waals surface area (Å²) in [5.74, 6) is 0.511. The highest BCUT2D eigenvalue weighted by Crippen LogP contribution is 2.37. The molecular formula is C35H34N4O4. The van der Waals surface area contributed by atoms with Crippen LogP contribution in [0.25, 0.3) is 33.5 Å². The third kappa shape index (κ3) is 5.86. The van der Waals surface area contributed by atoms with Crippen molar-refractivity contribution < 1.29 is 19.4 Å². The van der Waals surface area contributed by atoms with Crippen LogP contribution in [0.15, 0.2) is 85.2 Å². The van der Waals surface area contributed by atoms with Crippen molar-refractivity contribution in [3.8, 4) is 28.3 Å². The fourth-order valence-corrected chi connectivity index (χ4v) is 5.92. The number of rotatable bonds is 8. The Balaban J connectivity index is 1.30. The molecule has 218 valence electrons. The first-order valence-corrected chi connectivity index (χ1v) is 14.6. The number of carboxylic acids is 1. The van der Waals surface area contributed by atoms with Crippen LogP contribution in [0.3, 0.4) is 0 Å². The molecule has 8 heteroatoms. The van der Waals surface area contributed by atoms with Crippen LogP contribution in [0.5, 0.6) is 5.75 Å². The quantitative estimate of drug-likeness (QED) is 0.210. The number of carboxylic acid groups (broad SMARTS) is 1. The molecule has 2 heterocycles. The number of hydrogen-bond acceptors (Lipinski definition) is 5. The van der Waals surface area contributed by atoms with Crippen LogP contribution in [0.1, 0.15) is 64.4 Å². The van der Waals surface area contributed by atoms with Crippen LogP contribution in [-0.2, 0) is 6.61 Å². The molecule has 1 N–H and O–H groups in total. The van der Waals surface area contributed by atoms with Crippen LogP contribution >= 0.6 is 0 Å². The number of ether oxygens (including phenoxy) is 1. The lowest BCUT2D eigenvalue weighted by atomic mass is 9.95. The molecule has 0 bridgehead atoms. The van der Waals surface area contributed by atoms with Gasteiger partial charge in [-0.2, -0.15) is 0 Å². The van der Waals surface area contributed by atoms with Gasteiger partial charge in [-0.1, -0.05) is 25.3 Å². The lowest BCUT2D eigenvalue weighted by molar-refractivity contribution is 0.0696. The molecule has 5 aromatic rings. The number of aromatic carboxylic acids is 1. The van der Waals surface area contributed by atoms with Crippen molar-refractivity contribution in [1.29, 1.82) is 0 Å². The van der Waals surface area contributed by atoms with Crippen molar-refractivity contribution >= 4 is 22.9 Å². The Labute approximate surface area is 250 Å². The molecule has 1 saturated carbocycles. The van der Waals surface area contributed by atoms with Gasteiger partial charge in [0.15, 0.2) is 0 Å². The molecule has 1 fully saturated rings. The van der Waals surface area contributed by atoms with E-state index in [0.717, 1.165) is 46.4 Å². The summed E-state index contributed by atoms with van der Waals surface area (Å²) in [7, 11) is 3.48. The van der Waals surface area contributed by atoms with E-state index < -0.39 is 5.97 Å². The molecule has 0 aliphatic heterocycles. The first kappa shape index (κ1) is 28.2. The van der Waals surface area contributed by atoms with Crippen molar-refractivity contribution in [2.45, 2.75) is 44.8 Å². The maximum absolute atomic E-state index is 12.7. The van der Waals surface area contributed by atoms with Gasteiger partial charge in [0, 0.05) is 43.7 Å². The van der Waals surface area contributed by atoms with E-state index in [1.165, 1.54) is 19.3 Å². The zero-order chi connectivity index (χ0) is 29.9. The minimum atomic E-state index is -0.958. The van der Waals surface area contributed by atoms with Gasteiger partial charge in [0.2, 0.25) is 0 Å². The average molecular weight is 575 g/mol. The van der Waals surface area contributed by atoms with Crippen molar-refractivity contribution in [2.24, 2.45) is 0 Å². The molecule has 0 saturated heterocycles. The van der Waals surface area contributed by atoms with Crippen molar-refractivity contribution in [3.63, 3.8) is 0 Å². The predicted molar refractivity (Wildman–Crippen MR) is 166 cm³/mol. The van der Waals surface area contributed by atoms with Gasteiger partial charge in [0.05, 0.1) is 16.6 Å². The second-order valence-electron chi connectivity index (χ2n) is 11.2. The topological polar surface area (TPSA) is 97.6 Å². The molecule has 0 atom stereocenters. The summed E-state index contributed by atoms with van der Waals surface area (Å²) in [6, 6.07) is 23.0. The van der Waals surface area contributed by atoms with E-state index in [4.69, 9.17) is 9.72 Å². The number of fused-ring (bicyclic) bond motifs is 1. The Morgan fingerprint density at radius 1 is 0.884 bits per heavy atom. The summed E-state index contributed by atoms with van der Waals surface area (Å²) < 4.78 is 8.55. The van der Waals surface area contributed by atoms with Gasteiger partial charge in [0.1, 0.15) is 18.2 Å². The van der Waals surface area contributed by atoms with Crippen molar-refractivity contribution in [3.05, 3.63) is 102 Å². The van der Waals surface area contributed by atoms with Crippen LogP contribution in [0.2, 0.25) is 0 Å². The molecule has 0 spiro atoms. The number of aromatic nitrogens is 3. The Hall–Kier alpha value is -4.98. The highest BCUT2D eigenvalue weighted by atomic mass is 16.5. The summed E-state index contributed by atoms with van der Waals surface area (Å²) in [5.41, 5.74) is 6.32. The number of carbonyl (C=O) groups excluding carboxylic acids is 1. The Morgan fingerprint density at radius 3 is 2.30 bits per heavy atom. The maximum Gasteiger partial charge on any atom is 0.335 e. The van der Waals surface area contributed by atoms with Crippen molar-refractivity contribution in [1.82, 2.24) is 19.4 Å². The standard InChI is InChI=1S/C35H34N4O4/c1-38(2)34(40)25-10-14-30(23-16-18-36-19-17-23)27(20-25)22-43-29-12-8-24(9-13-29)33-37-31-21-26(35(41)42)11-15-32(31)39(33)28-6-4-3-5-7-28/h8-21,28H,3-7,22H2,1-2H3,(H,41,42). The number of hydrogen-bond donors (Lipinski definition) is 1. The fourth-order valence-electron chi connectivity index (χ4n) is 5.92. The molecule has 8 nitrogen and oxygen atoms in total. The summed E-state index contributed by atoms with van der Waals surface area (Å²) >= 11 is 0. The van der Waals surface area contributed by atoms with Crippen LogP contribution in [0.4, 0.5) is 0 Å². The van der Waals surface area contributed by atoms with Gasteiger partial charge in [0.25, 0.3) is 5.91 Å². The molecule has 3 aromatic carbocycles. The molecule has 43 heavy (non-hydrogen) atoms. The van der Waals surface area contributed by atoms with E-state index in [0.29, 0.717) is 22.9 Å². The summed E-state index contributed by atoms with van der Waals surface area (Å²) in [5, 5.41) is 9.53. The number of nitrogens with zero attached hydrogens (tertiary/aromatic N) is 4.